The molecular weight excluding hydrogens is 150 g/mol. The van der Waals surface area contributed by atoms with Gasteiger partial charge in [-0.05, 0) is 12.3 Å². The summed E-state index contributed by atoms with van der Waals surface area (Å²) < 4.78 is 24.5. The Kier molecular flexibility index (Phi) is 2.28. The second kappa shape index (κ2) is 2.89. The van der Waals surface area contributed by atoms with Crippen LogP contribution in [0.4, 0.5) is 8.78 Å². The van der Waals surface area contributed by atoms with E-state index in [4.69, 9.17) is 0 Å². The summed E-state index contributed by atoms with van der Waals surface area (Å²) in [5.41, 5.74) is 0. The summed E-state index contributed by atoms with van der Waals surface area (Å²) >= 11 is 0. The van der Waals surface area contributed by atoms with Crippen molar-refractivity contribution in [2.45, 2.75) is 31.3 Å². The predicted octanol–water partition coefficient (Wildman–Crippen LogP) is 1.97. The van der Waals surface area contributed by atoms with Gasteiger partial charge in [0.25, 0.3) is 0 Å². The van der Waals surface area contributed by atoms with Crippen molar-refractivity contribution in [1.29, 1.82) is 0 Å². The molecule has 1 rings (SSSR count). The van der Waals surface area contributed by atoms with Gasteiger partial charge < -0.3 is 5.11 Å². The third-order valence-corrected chi connectivity index (χ3v) is 2.07. The first-order valence-corrected chi connectivity index (χ1v) is 3.72. The lowest BCUT2D eigenvalue weighted by Gasteiger charge is -2.37. The van der Waals surface area contributed by atoms with E-state index in [0.29, 0.717) is 6.42 Å². The highest BCUT2D eigenvalue weighted by molar-refractivity contribution is 4.92. The van der Waals surface area contributed by atoms with Crippen LogP contribution in [0.3, 0.4) is 0 Å². The number of aliphatic hydroxyl groups excluding tert-OH is 1. The molecule has 0 aliphatic heterocycles. The average molecular weight is 162 g/mol. The smallest absolute Gasteiger partial charge is 0.248 e. The molecule has 1 fully saturated rings. The summed E-state index contributed by atoms with van der Waals surface area (Å²) in [6, 6.07) is 0. The first-order chi connectivity index (χ1) is 5.05. The molecule has 1 unspecified atom stereocenters. The van der Waals surface area contributed by atoms with Gasteiger partial charge in [-0.15, -0.1) is 6.58 Å². The number of aliphatic hydroxyl groups is 1. The molecule has 1 N–H and O–H groups in total. The Balaban J connectivity index is 2.26. The Bertz CT molecular complexity index is 148. The van der Waals surface area contributed by atoms with Crippen LogP contribution >= 0.6 is 0 Å². The van der Waals surface area contributed by atoms with Crippen LogP contribution in [0.2, 0.25) is 0 Å². The van der Waals surface area contributed by atoms with E-state index in [-0.39, 0.29) is 18.8 Å². The van der Waals surface area contributed by atoms with E-state index in [1.807, 2.05) is 0 Å². The molecular formula is C8H12F2O. The Morgan fingerprint density at radius 3 is 2.55 bits per heavy atom. The molecule has 1 atom stereocenters. The third kappa shape index (κ3) is 1.99. The van der Waals surface area contributed by atoms with Gasteiger partial charge in [0.1, 0.15) is 0 Å². The van der Waals surface area contributed by atoms with Crippen molar-refractivity contribution in [3.05, 3.63) is 12.7 Å². The van der Waals surface area contributed by atoms with Gasteiger partial charge in [0, 0.05) is 12.8 Å². The minimum Gasteiger partial charge on any atom is -0.393 e. The van der Waals surface area contributed by atoms with E-state index < -0.39 is 12.0 Å². The topological polar surface area (TPSA) is 20.2 Å². The second-order valence-electron chi connectivity index (χ2n) is 3.12. The first-order valence-electron chi connectivity index (χ1n) is 3.72. The fourth-order valence-electron chi connectivity index (χ4n) is 1.34. The largest absolute Gasteiger partial charge is 0.393 e. The van der Waals surface area contributed by atoms with Gasteiger partial charge in [0.05, 0.1) is 6.10 Å². The summed E-state index contributed by atoms with van der Waals surface area (Å²) in [5.74, 6) is -2.74. The minimum atomic E-state index is -2.52. The van der Waals surface area contributed by atoms with E-state index in [9.17, 15) is 13.9 Å². The van der Waals surface area contributed by atoms with Crippen LogP contribution in [0.15, 0.2) is 12.7 Å². The van der Waals surface area contributed by atoms with Crippen molar-refractivity contribution in [3.8, 4) is 0 Å². The van der Waals surface area contributed by atoms with E-state index in [1.54, 1.807) is 6.08 Å². The summed E-state index contributed by atoms with van der Waals surface area (Å²) in [7, 11) is 0. The molecule has 0 aromatic heterocycles. The van der Waals surface area contributed by atoms with Crippen LogP contribution in [0.5, 0.6) is 0 Å². The lowest BCUT2D eigenvalue weighted by molar-refractivity contribution is -0.140. The number of rotatable bonds is 3. The normalized spacial score (nSPS) is 25.7. The van der Waals surface area contributed by atoms with Crippen molar-refractivity contribution in [2.75, 3.05) is 0 Å². The standard InChI is InChI=1S/C8H12F2O/c1-2-3-7(11)6-4-8(9,10)5-6/h2,6-7,11H,1,3-5H2. The molecule has 0 spiro atoms. The quantitative estimate of drug-likeness (QED) is 0.629. The molecule has 0 amide bonds. The van der Waals surface area contributed by atoms with Crippen LogP contribution < -0.4 is 0 Å². The zero-order valence-electron chi connectivity index (χ0n) is 6.26. The van der Waals surface area contributed by atoms with Gasteiger partial charge in [-0.3, -0.25) is 0 Å². The molecule has 0 aromatic carbocycles. The highest BCUT2D eigenvalue weighted by Gasteiger charge is 2.47. The zero-order chi connectivity index (χ0) is 8.48. The highest BCUT2D eigenvalue weighted by atomic mass is 19.3. The Labute approximate surface area is 64.7 Å². The molecule has 11 heavy (non-hydrogen) atoms. The highest BCUT2D eigenvalue weighted by Crippen LogP contribution is 2.44. The maximum Gasteiger partial charge on any atom is 0.248 e. The molecule has 0 heterocycles. The van der Waals surface area contributed by atoms with E-state index in [2.05, 4.69) is 6.58 Å². The van der Waals surface area contributed by atoms with Crippen molar-refractivity contribution < 1.29 is 13.9 Å². The van der Waals surface area contributed by atoms with Gasteiger partial charge in [0.2, 0.25) is 5.92 Å². The van der Waals surface area contributed by atoms with Crippen molar-refractivity contribution in [2.24, 2.45) is 5.92 Å². The van der Waals surface area contributed by atoms with Crippen molar-refractivity contribution in [1.82, 2.24) is 0 Å². The summed E-state index contributed by atoms with van der Waals surface area (Å²) in [6.07, 6.45) is 1.03. The number of hydrogen-bond acceptors (Lipinski definition) is 1. The van der Waals surface area contributed by atoms with Crippen molar-refractivity contribution in [3.63, 3.8) is 0 Å². The molecule has 0 bridgehead atoms. The summed E-state index contributed by atoms with van der Waals surface area (Å²) in [4.78, 5) is 0. The number of halogens is 2. The monoisotopic (exact) mass is 162 g/mol. The average Bonchev–Trinajstić information content (AvgIpc) is 1.83. The molecule has 1 saturated carbocycles. The van der Waals surface area contributed by atoms with Crippen LogP contribution in [0.1, 0.15) is 19.3 Å². The SMILES string of the molecule is C=CCC(O)C1CC(F)(F)C1. The van der Waals surface area contributed by atoms with Gasteiger partial charge in [-0.1, -0.05) is 6.08 Å². The fraction of sp³-hybridized carbons (Fsp3) is 0.750. The molecule has 64 valence electrons. The van der Waals surface area contributed by atoms with Crippen molar-refractivity contribution >= 4 is 0 Å². The van der Waals surface area contributed by atoms with Crippen LogP contribution in [0.25, 0.3) is 0 Å². The molecule has 3 heteroatoms. The minimum absolute atomic E-state index is 0.165. The van der Waals surface area contributed by atoms with E-state index in [0.717, 1.165) is 0 Å². The van der Waals surface area contributed by atoms with Gasteiger partial charge in [-0.2, -0.15) is 0 Å². The van der Waals surface area contributed by atoms with Crippen LogP contribution in [-0.4, -0.2) is 17.1 Å². The zero-order valence-corrected chi connectivity index (χ0v) is 6.26. The molecule has 0 aromatic rings. The Morgan fingerprint density at radius 1 is 1.64 bits per heavy atom. The molecule has 1 aliphatic carbocycles. The number of alkyl halides is 2. The van der Waals surface area contributed by atoms with E-state index >= 15 is 0 Å². The summed E-state index contributed by atoms with van der Waals surface area (Å²) in [5, 5.41) is 9.20. The molecule has 0 saturated heterocycles. The third-order valence-electron chi connectivity index (χ3n) is 2.07. The molecule has 0 radical (unpaired) electrons. The maximum absolute atomic E-state index is 12.3. The Hall–Kier alpha value is -0.440. The molecule has 1 nitrogen and oxygen atoms in total. The molecule has 1 aliphatic rings. The van der Waals surface area contributed by atoms with Crippen LogP contribution in [0, 0.1) is 5.92 Å². The lowest BCUT2D eigenvalue weighted by atomic mass is 9.77. The van der Waals surface area contributed by atoms with Gasteiger partial charge in [0.15, 0.2) is 0 Å². The van der Waals surface area contributed by atoms with Gasteiger partial charge in [-0.25, -0.2) is 8.78 Å². The second-order valence-corrected chi connectivity index (χ2v) is 3.12. The predicted molar refractivity (Wildman–Crippen MR) is 38.5 cm³/mol. The van der Waals surface area contributed by atoms with E-state index in [1.165, 1.54) is 0 Å². The fourth-order valence-corrected chi connectivity index (χ4v) is 1.34. The van der Waals surface area contributed by atoms with Crippen LogP contribution in [-0.2, 0) is 0 Å². The first kappa shape index (κ1) is 8.65. The van der Waals surface area contributed by atoms with Gasteiger partial charge >= 0.3 is 0 Å². The number of hydrogen-bond donors (Lipinski definition) is 1. The summed E-state index contributed by atoms with van der Waals surface area (Å²) in [6.45, 7) is 3.43. The lowest BCUT2D eigenvalue weighted by Crippen LogP contribution is -2.41. The Morgan fingerprint density at radius 2 is 2.18 bits per heavy atom. The maximum atomic E-state index is 12.3.